The Bertz CT molecular complexity index is 340. The fraction of sp³-hybridized carbons (Fsp3) is 0.571. The second-order valence-corrected chi connectivity index (χ2v) is 5.49. The number of hydrogen-bond acceptors (Lipinski definition) is 1. The van der Waals surface area contributed by atoms with Gasteiger partial charge in [-0.1, -0.05) is 37.6 Å². The first kappa shape index (κ1) is 11.8. The van der Waals surface area contributed by atoms with E-state index in [1.165, 1.54) is 6.42 Å². The summed E-state index contributed by atoms with van der Waals surface area (Å²) >= 11 is 6.09. The van der Waals surface area contributed by atoms with E-state index in [0.29, 0.717) is 11.1 Å². The molecule has 0 aromatic heterocycles. The number of benzene rings is 1. The van der Waals surface area contributed by atoms with Gasteiger partial charge in [-0.05, 0) is 43.2 Å². The molecule has 1 aliphatic rings. The Morgan fingerprint density at radius 2 is 1.69 bits per heavy atom. The summed E-state index contributed by atoms with van der Waals surface area (Å²) in [5.41, 5.74) is 0. The maximum Gasteiger partial charge on any atom is 0.138 e. The van der Waals surface area contributed by atoms with Crippen molar-refractivity contribution >= 4 is 11.6 Å². The third-order valence-corrected chi connectivity index (χ3v) is 3.58. The van der Waals surface area contributed by atoms with Gasteiger partial charge in [0.2, 0.25) is 0 Å². The number of para-hydroxylation sites is 1. The van der Waals surface area contributed by atoms with E-state index in [1.807, 2.05) is 24.3 Å². The smallest absolute Gasteiger partial charge is 0.138 e. The molecule has 0 N–H and O–H groups in total. The van der Waals surface area contributed by atoms with Gasteiger partial charge in [0.05, 0.1) is 11.1 Å². The van der Waals surface area contributed by atoms with Crippen LogP contribution in [0.25, 0.3) is 0 Å². The monoisotopic (exact) mass is 238 g/mol. The second-order valence-electron chi connectivity index (χ2n) is 5.09. The highest BCUT2D eigenvalue weighted by Gasteiger charge is 2.25. The van der Waals surface area contributed by atoms with Gasteiger partial charge in [0.15, 0.2) is 0 Å². The van der Waals surface area contributed by atoms with Crippen LogP contribution in [0.3, 0.4) is 0 Å². The zero-order valence-electron chi connectivity index (χ0n) is 9.95. The normalized spacial score (nSPS) is 30.1. The summed E-state index contributed by atoms with van der Waals surface area (Å²) in [4.78, 5) is 0. The lowest BCUT2D eigenvalue weighted by atomic mass is 9.82. The predicted octanol–water partition coefficient (Wildman–Crippen LogP) is 4.54. The molecule has 0 aliphatic heterocycles. The molecule has 88 valence electrons. The number of halogens is 1. The lowest BCUT2D eigenvalue weighted by molar-refractivity contribution is 0.101. The van der Waals surface area contributed by atoms with Crippen molar-refractivity contribution in [1.82, 2.24) is 0 Å². The van der Waals surface area contributed by atoms with Crippen molar-refractivity contribution in [3.05, 3.63) is 29.3 Å². The third-order valence-electron chi connectivity index (χ3n) is 3.27. The summed E-state index contributed by atoms with van der Waals surface area (Å²) < 4.78 is 5.99. The van der Waals surface area contributed by atoms with Crippen LogP contribution in [0.4, 0.5) is 0 Å². The molecule has 1 aromatic rings. The van der Waals surface area contributed by atoms with Gasteiger partial charge in [-0.25, -0.2) is 0 Å². The minimum atomic E-state index is 0.332. The first-order chi connectivity index (χ1) is 7.65. The van der Waals surface area contributed by atoms with E-state index in [-0.39, 0.29) is 0 Å². The molecule has 2 atom stereocenters. The zero-order valence-corrected chi connectivity index (χ0v) is 10.7. The topological polar surface area (TPSA) is 9.23 Å². The van der Waals surface area contributed by atoms with Crippen LogP contribution in [0.2, 0.25) is 5.02 Å². The van der Waals surface area contributed by atoms with Gasteiger partial charge < -0.3 is 4.74 Å². The van der Waals surface area contributed by atoms with E-state index in [0.717, 1.165) is 30.4 Å². The van der Waals surface area contributed by atoms with Crippen LogP contribution in [0, 0.1) is 11.8 Å². The molecule has 1 aromatic carbocycles. The van der Waals surface area contributed by atoms with Crippen molar-refractivity contribution < 1.29 is 4.74 Å². The largest absolute Gasteiger partial charge is 0.489 e. The molecule has 1 fully saturated rings. The van der Waals surface area contributed by atoms with Crippen LogP contribution >= 0.6 is 11.6 Å². The van der Waals surface area contributed by atoms with E-state index in [2.05, 4.69) is 13.8 Å². The van der Waals surface area contributed by atoms with Crippen LogP contribution in [0.5, 0.6) is 5.75 Å². The average molecular weight is 239 g/mol. The maximum absolute atomic E-state index is 6.09. The Balaban J connectivity index is 2.02. The molecule has 0 amide bonds. The minimum absolute atomic E-state index is 0.332. The lowest BCUT2D eigenvalue weighted by Gasteiger charge is -2.31. The van der Waals surface area contributed by atoms with E-state index in [1.54, 1.807) is 0 Å². The molecule has 1 nitrogen and oxygen atoms in total. The molecular formula is C14H19ClO. The van der Waals surface area contributed by atoms with Gasteiger partial charge in [0, 0.05) is 0 Å². The highest BCUT2D eigenvalue weighted by molar-refractivity contribution is 6.32. The second kappa shape index (κ2) is 5.09. The SMILES string of the molecule is CC1CC(C)CC(Oc2ccccc2Cl)C1. The lowest BCUT2D eigenvalue weighted by Crippen LogP contribution is -2.28. The molecule has 1 saturated carbocycles. The van der Waals surface area contributed by atoms with Gasteiger partial charge in [-0.3, -0.25) is 0 Å². The van der Waals surface area contributed by atoms with Crippen molar-refractivity contribution in [2.24, 2.45) is 11.8 Å². The summed E-state index contributed by atoms with van der Waals surface area (Å²) in [7, 11) is 0. The fourth-order valence-corrected chi connectivity index (χ4v) is 2.87. The molecule has 0 heterocycles. The molecule has 0 saturated heterocycles. The van der Waals surface area contributed by atoms with Crippen LogP contribution < -0.4 is 4.74 Å². The summed E-state index contributed by atoms with van der Waals surface area (Å²) in [5.74, 6) is 2.35. The van der Waals surface area contributed by atoms with Crippen molar-refractivity contribution in [3.63, 3.8) is 0 Å². The van der Waals surface area contributed by atoms with Gasteiger partial charge in [0.1, 0.15) is 5.75 Å². The van der Waals surface area contributed by atoms with Crippen LogP contribution in [0.15, 0.2) is 24.3 Å². The summed E-state index contributed by atoms with van der Waals surface area (Å²) in [6, 6.07) is 7.73. The highest BCUT2D eigenvalue weighted by atomic mass is 35.5. The molecule has 2 heteroatoms. The average Bonchev–Trinajstić information content (AvgIpc) is 2.20. The van der Waals surface area contributed by atoms with Crippen LogP contribution in [-0.2, 0) is 0 Å². The standard InChI is InChI=1S/C14H19ClO/c1-10-7-11(2)9-12(8-10)16-14-6-4-3-5-13(14)15/h3-6,10-12H,7-9H2,1-2H3. The van der Waals surface area contributed by atoms with Crippen LogP contribution in [0.1, 0.15) is 33.1 Å². The molecule has 0 radical (unpaired) electrons. The van der Waals surface area contributed by atoms with Crippen molar-refractivity contribution in [2.45, 2.75) is 39.2 Å². The number of hydrogen-bond donors (Lipinski definition) is 0. The molecule has 1 aliphatic carbocycles. The van der Waals surface area contributed by atoms with E-state index in [9.17, 15) is 0 Å². The van der Waals surface area contributed by atoms with Gasteiger partial charge in [-0.2, -0.15) is 0 Å². The number of rotatable bonds is 2. The van der Waals surface area contributed by atoms with Crippen molar-refractivity contribution in [1.29, 1.82) is 0 Å². The quantitative estimate of drug-likeness (QED) is 0.735. The van der Waals surface area contributed by atoms with E-state index >= 15 is 0 Å². The van der Waals surface area contributed by atoms with E-state index < -0.39 is 0 Å². The van der Waals surface area contributed by atoms with Gasteiger partial charge in [-0.15, -0.1) is 0 Å². The molecule has 2 rings (SSSR count). The van der Waals surface area contributed by atoms with Gasteiger partial charge >= 0.3 is 0 Å². The van der Waals surface area contributed by atoms with Crippen molar-refractivity contribution in [3.8, 4) is 5.75 Å². The molecule has 16 heavy (non-hydrogen) atoms. The molecular weight excluding hydrogens is 220 g/mol. The summed E-state index contributed by atoms with van der Waals surface area (Å²) in [6.45, 7) is 4.61. The van der Waals surface area contributed by atoms with Crippen molar-refractivity contribution in [2.75, 3.05) is 0 Å². The Morgan fingerprint density at radius 1 is 1.06 bits per heavy atom. The first-order valence-electron chi connectivity index (χ1n) is 6.06. The zero-order chi connectivity index (χ0) is 11.5. The first-order valence-corrected chi connectivity index (χ1v) is 6.44. The Kier molecular flexibility index (Phi) is 3.75. The Morgan fingerprint density at radius 3 is 2.31 bits per heavy atom. The highest BCUT2D eigenvalue weighted by Crippen LogP contribution is 2.33. The number of ether oxygens (including phenoxy) is 1. The van der Waals surface area contributed by atoms with E-state index in [4.69, 9.17) is 16.3 Å². The summed E-state index contributed by atoms with van der Waals surface area (Å²) in [5, 5.41) is 0.716. The fourth-order valence-electron chi connectivity index (χ4n) is 2.69. The predicted molar refractivity (Wildman–Crippen MR) is 68.0 cm³/mol. The molecule has 2 unspecified atom stereocenters. The Labute approximate surface area is 103 Å². The molecule has 0 bridgehead atoms. The summed E-state index contributed by atoms with van der Waals surface area (Å²) in [6.07, 6.45) is 3.95. The third kappa shape index (κ3) is 2.91. The minimum Gasteiger partial charge on any atom is -0.489 e. The Hall–Kier alpha value is -0.690. The van der Waals surface area contributed by atoms with Gasteiger partial charge in [0.25, 0.3) is 0 Å². The maximum atomic E-state index is 6.09. The van der Waals surface area contributed by atoms with Crippen LogP contribution in [-0.4, -0.2) is 6.10 Å². The molecule has 0 spiro atoms.